The molecule has 0 amide bonds. The first-order valence-corrected chi connectivity index (χ1v) is 8.50. The molecule has 1 N–H and O–H groups in total. The maximum atomic E-state index is 6.40. The van der Waals surface area contributed by atoms with Gasteiger partial charge in [0, 0.05) is 23.8 Å². The van der Waals surface area contributed by atoms with Gasteiger partial charge in [-0.1, -0.05) is 26.7 Å². The molecule has 0 radical (unpaired) electrons. The van der Waals surface area contributed by atoms with Crippen LogP contribution in [0.1, 0.15) is 63.6 Å². The Bertz CT molecular complexity index is 474. The summed E-state index contributed by atoms with van der Waals surface area (Å²) in [6.45, 7) is 8.33. The van der Waals surface area contributed by atoms with Crippen molar-refractivity contribution < 1.29 is 4.74 Å². The highest BCUT2D eigenvalue weighted by Crippen LogP contribution is 2.43. The van der Waals surface area contributed by atoms with Gasteiger partial charge in [0.05, 0.1) is 24.4 Å². The molecule has 2 aliphatic rings. The van der Waals surface area contributed by atoms with Crippen molar-refractivity contribution in [3.8, 4) is 0 Å². The summed E-state index contributed by atoms with van der Waals surface area (Å²) in [6.07, 6.45) is 10.0. The molecule has 1 spiro atoms. The van der Waals surface area contributed by atoms with Crippen LogP contribution in [0.5, 0.6) is 0 Å². The summed E-state index contributed by atoms with van der Waals surface area (Å²) in [7, 11) is 0. The van der Waals surface area contributed by atoms with Crippen molar-refractivity contribution in [2.24, 2.45) is 0 Å². The van der Waals surface area contributed by atoms with Crippen molar-refractivity contribution in [2.45, 2.75) is 90.1 Å². The first-order valence-electron chi connectivity index (χ1n) is 8.50. The second kappa shape index (κ2) is 6.09. The number of hydrogen-bond acceptors (Lipinski definition) is 3. The summed E-state index contributed by atoms with van der Waals surface area (Å²) in [5.41, 5.74) is 2.81. The fourth-order valence-corrected chi connectivity index (χ4v) is 3.76. The van der Waals surface area contributed by atoms with E-state index in [0.29, 0.717) is 12.1 Å². The smallest absolute Gasteiger partial charge is 0.0779 e. The molecule has 1 aromatic rings. The van der Waals surface area contributed by atoms with Gasteiger partial charge in [-0.25, -0.2) is 0 Å². The molecule has 1 atom stereocenters. The molecular weight excluding hydrogens is 262 g/mol. The van der Waals surface area contributed by atoms with E-state index in [1.165, 1.54) is 49.8 Å². The SMILES string of the molecule is Cc1c(CNC(C)C)cnn1CC1CCC2(CCCC2)O1. The van der Waals surface area contributed by atoms with E-state index < -0.39 is 0 Å². The van der Waals surface area contributed by atoms with Gasteiger partial charge in [0.15, 0.2) is 0 Å². The number of nitrogens with one attached hydrogen (secondary N) is 1. The lowest BCUT2D eigenvalue weighted by Crippen LogP contribution is -2.27. The number of ether oxygens (including phenoxy) is 1. The summed E-state index contributed by atoms with van der Waals surface area (Å²) >= 11 is 0. The molecule has 3 rings (SSSR count). The van der Waals surface area contributed by atoms with Crippen LogP contribution in [0.3, 0.4) is 0 Å². The van der Waals surface area contributed by atoms with Crippen LogP contribution in [0.25, 0.3) is 0 Å². The minimum absolute atomic E-state index is 0.230. The molecule has 1 saturated carbocycles. The maximum absolute atomic E-state index is 6.40. The van der Waals surface area contributed by atoms with E-state index in [0.717, 1.165) is 13.1 Å². The average Bonchev–Trinajstić information content (AvgIpc) is 3.14. The molecular formula is C17H29N3O. The predicted octanol–water partition coefficient (Wildman–Crippen LogP) is 3.18. The van der Waals surface area contributed by atoms with Crippen LogP contribution in [0.4, 0.5) is 0 Å². The molecule has 1 aliphatic heterocycles. The lowest BCUT2D eigenvalue weighted by molar-refractivity contribution is -0.0431. The van der Waals surface area contributed by atoms with Crippen molar-refractivity contribution in [3.63, 3.8) is 0 Å². The normalized spacial score (nSPS) is 24.5. The second-order valence-electron chi connectivity index (χ2n) is 7.14. The van der Waals surface area contributed by atoms with Crippen molar-refractivity contribution in [1.82, 2.24) is 15.1 Å². The Hall–Kier alpha value is -0.870. The van der Waals surface area contributed by atoms with E-state index in [1.807, 2.05) is 6.20 Å². The maximum Gasteiger partial charge on any atom is 0.0779 e. The third-order valence-electron chi connectivity index (χ3n) is 5.14. The number of rotatable bonds is 5. The lowest BCUT2D eigenvalue weighted by atomic mass is 9.98. The van der Waals surface area contributed by atoms with Gasteiger partial charge in [-0.05, 0) is 32.6 Å². The minimum atomic E-state index is 0.230. The van der Waals surface area contributed by atoms with Crippen LogP contribution < -0.4 is 5.32 Å². The van der Waals surface area contributed by atoms with E-state index in [9.17, 15) is 0 Å². The summed E-state index contributed by atoms with van der Waals surface area (Å²) in [5, 5.41) is 8.03. The largest absolute Gasteiger partial charge is 0.370 e. The molecule has 2 heterocycles. The third-order valence-corrected chi connectivity index (χ3v) is 5.14. The van der Waals surface area contributed by atoms with Crippen molar-refractivity contribution in [2.75, 3.05) is 0 Å². The predicted molar refractivity (Wildman–Crippen MR) is 84.2 cm³/mol. The van der Waals surface area contributed by atoms with E-state index in [-0.39, 0.29) is 5.60 Å². The molecule has 0 bridgehead atoms. The van der Waals surface area contributed by atoms with Crippen LogP contribution >= 0.6 is 0 Å². The van der Waals surface area contributed by atoms with Crippen LogP contribution in [-0.4, -0.2) is 27.5 Å². The Morgan fingerprint density at radius 3 is 2.86 bits per heavy atom. The first kappa shape index (κ1) is 15.0. The van der Waals surface area contributed by atoms with Crippen molar-refractivity contribution >= 4 is 0 Å². The average molecular weight is 291 g/mol. The first-order chi connectivity index (χ1) is 10.1. The summed E-state index contributed by atoms with van der Waals surface area (Å²) < 4.78 is 8.53. The Morgan fingerprint density at radius 2 is 2.14 bits per heavy atom. The number of nitrogens with zero attached hydrogens (tertiary/aromatic N) is 2. The van der Waals surface area contributed by atoms with Crippen LogP contribution in [0.15, 0.2) is 6.20 Å². The Kier molecular flexibility index (Phi) is 4.36. The minimum Gasteiger partial charge on any atom is -0.370 e. The van der Waals surface area contributed by atoms with Crippen molar-refractivity contribution in [1.29, 1.82) is 0 Å². The highest BCUT2D eigenvalue weighted by molar-refractivity contribution is 5.16. The molecule has 1 aromatic heterocycles. The topological polar surface area (TPSA) is 39.1 Å². The molecule has 1 aliphatic carbocycles. The Morgan fingerprint density at radius 1 is 1.38 bits per heavy atom. The number of hydrogen-bond donors (Lipinski definition) is 1. The van der Waals surface area contributed by atoms with Crippen molar-refractivity contribution in [3.05, 3.63) is 17.5 Å². The Balaban J connectivity index is 1.58. The van der Waals surface area contributed by atoms with Gasteiger partial charge in [-0.3, -0.25) is 4.68 Å². The highest BCUT2D eigenvalue weighted by atomic mass is 16.5. The standard InChI is InChI=1S/C17H29N3O/c1-13(2)18-10-15-11-19-20(14(15)3)12-16-6-9-17(21-16)7-4-5-8-17/h11,13,16,18H,4-10,12H2,1-3H3. The third kappa shape index (κ3) is 3.32. The molecule has 4 nitrogen and oxygen atoms in total. The zero-order valence-electron chi connectivity index (χ0n) is 13.7. The summed E-state index contributed by atoms with van der Waals surface area (Å²) in [4.78, 5) is 0. The fourth-order valence-electron chi connectivity index (χ4n) is 3.76. The van der Waals surface area contributed by atoms with E-state index >= 15 is 0 Å². The zero-order valence-corrected chi connectivity index (χ0v) is 13.7. The van der Waals surface area contributed by atoms with Gasteiger partial charge in [0.1, 0.15) is 0 Å². The second-order valence-corrected chi connectivity index (χ2v) is 7.14. The highest BCUT2D eigenvalue weighted by Gasteiger charge is 2.42. The van der Waals surface area contributed by atoms with Gasteiger partial charge in [-0.15, -0.1) is 0 Å². The molecule has 4 heteroatoms. The van der Waals surface area contributed by atoms with Crippen LogP contribution in [0.2, 0.25) is 0 Å². The van der Waals surface area contributed by atoms with E-state index in [4.69, 9.17) is 4.74 Å². The molecule has 1 unspecified atom stereocenters. The summed E-state index contributed by atoms with van der Waals surface area (Å²) in [6, 6.07) is 0.508. The molecule has 1 saturated heterocycles. The van der Waals surface area contributed by atoms with Crippen LogP contribution in [0, 0.1) is 6.92 Å². The van der Waals surface area contributed by atoms with Gasteiger partial charge in [0.25, 0.3) is 0 Å². The monoisotopic (exact) mass is 291 g/mol. The quantitative estimate of drug-likeness (QED) is 0.905. The molecule has 118 valence electrons. The van der Waals surface area contributed by atoms with E-state index in [2.05, 4.69) is 35.9 Å². The van der Waals surface area contributed by atoms with Gasteiger partial charge >= 0.3 is 0 Å². The lowest BCUT2D eigenvalue weighted by Gasteiger charge is -2.24. The summed E-state index contributed by atoms with van der Waals surface area (Å²) in [5.74, 6) is 0. The molecule has 0 aromatic carbocycles. The van der Waals surface area contributed by atoms with Gasteiger partial charge in [-0.2, -0.15) is 5.10 Å². The molecule has 21 heavy (non-hydrogen) atoms. The van der Waals surface area contributed by atoms with Crippen LogP contribution in [-0.2, 0) is 17.8 Å². The van der Waals surface area contributed by atoms with Gasteiger partial charge < -0.3 is 10.1 Å². The van der Waals surface area contributed by atoms with E-state index in [1.54, 1.807) is 0 Å². The Labute approximate surface area is 128 Å². The zero-order chi connectivity index (χ0) is 14.9. The fraction of sp³-hybridized carbons (Fsp3) is 0.824. The van der Waals surface area contributed by atoms with Gasteiger partial charge in [0.2, 0.25) is 0 Å². The number of aromatic nitrogens is 2. The molecule has 2 fully saturated rings.